The summed E-state index contributed by atoms with van der Waals surface area (Å²) in [5, 5.41) is 0. The molecule has 66 heavy (non-hydrogen) atoms. The van der Waals surface area contributed by atoms with Gasteiger partial charge in [-0.25, -0.2) is 0 Å². The van der Waals surface area contributed by atoms with E-state index in [4.69, 9.17) is 14.2 Å². The zero-order valence-corrected chi connectivity index (χ0v) is 45.2. The SMILES string of the molecule is CCCCCCCCCCCCCCCCCCC(=O)OC[C@H](COC(=O)CCCCCCCCCCCCCCCCCCCCC(C)CC)OC(=O)CCCCCCCCCCCC. The van der Waals surface area contributed by atoms with Crippen LogP contribution < -0.4 is 0 Å². The minimum absolute atomic E-state index is 0.0618. The second kappa shape index (κ2) is 54.4. The summed E-state index contributed by atoms with van der Waals surface area (Å²) in [5.74, 6) is 0.0744. The van der Waals surface area contributed by atoms with Crippen LogP contribution in [0.5, 0.6) is 0 Å². The van der Waals surface area contributed by atoms with Crippen molar-refractivity contribution >= 4 is 17.9 Å². The molecule has 0 amide bonds. The molecule has 0 aliphatic rings. The largest absolute Gasteiger partial charge is 0.462 e. The number of esters is 3. The predicted molar refractivity (Wildman–Crippen MR) is 284 cm³/mol. The zero-order valence-electron chi connectivity index (χ0n) is 45.2. The molecule has 0 heterocycles. The van der Waals surface area contributed by atoms with Crippen LogP contribution in [0.15, 0.2) is 0 Å². The average molecular weight is 934 g/mol. The van der Waals surface area contributed by atoms with E-state index in [0.717, 1.165) is 63.7 Å². The average Bonchev–Trinajstić information content (AvgIpc) is 3.32. The van der Waals surface area contributed by atoms with Crippen molar-refractivity contribution in [1.82, 2.24) is 0 Å². The molecule has 0 bridgehead atoms. The van der Waals surface area contributed by atoms with Crippen molar-refractivity contribution in [2.75, 3.05) is 13.2 Å². The Balaban J connectivity index is 4.17. The van der Waals surface area contributed by atoms with E-state index in [0.29, 0.717) is 19.3 Å². The smallest absolute Gasteiger partial charge is 0.306 e. The number of carbonyl (C=O) groups is 3. The van der Waals surface area contributed by atoms with Gasteiger partial charge in [-0.15, -0.1) is 0 Å². The Morgan fingerprint density at radius 2 is 0.530 bits per heavy atom. The predicted octanol–water partition coefficient (Wildman–Crippen LogP) is 19.8. The highest BCUT2D eigenvalue weighted by atomic mass is 16.6. The summed E-state index contributed by atoms with van der Waals surface area (Å²) in [6.07, 6.45) is 59.5. The fourth-order valence-corrected chi connectivity index (χ4v) is 9.25. The molecular formula is C60H116O6. The molecule has 0 aliphatic heterocycles. The summed E-state index contributed by atoms with van der Waals surface area (Å²) >= 11 is 0. The highest BCUT2D eigenvalue weighted by Crippen LogP contribution is 2.19. The third-order valence-electron chi connectivity index (χ3n) is 14.2. The molecule has 0 aliphatic carbocycles. The first-order valence-electron chi connectivity index (χ1n) is 29.9. The van der Waals surface area contributed by atoms with Gasteiger partial charge in [0.2, 0.25) is 0 Å². The molecule has 0 aromatic rings. The summed E-state index contributed by atoms with van der Waals surface area (Å²) in [7, 11) is 0. The van der Waals surface area contributed by atoms with Gasteiger partial charge in [0.1, 0.15) is 13.2 Å². The van der Waals surface area contributed by atoms with E-state index in [1.165, 1.54) is 238 Å². The van der Waals surface area contributed by atoms with Crippen molar-refractivity contribution in [3.63, 3.8) is 0 Å². The highest BCUT2D eigenvalue weighted by Gasteiger charge is 2.19. The molecule has 2 atom stereocenters. The minimum atomic E-state index is -0.761. The maximum Gasteiger partial charge on any atom is 0.306 e. The van der Waals surface area contributed by atoms with Crippen LogP contribution >= 0.6 is 0 Å². The van der Waals surface area contributed by atoms with Crippen LogP contribution in [0, 0.1) is 5.92 Å². The molecule has 6 nitrogen and oxygen atoms in total. The number of hydrogen-bond acceptors (Lipinski definition) is 6. The zero-order chi connectivity index (χ0) is 48.1. The number of ether oxygens (including phenoxy) is 3. The minimum Gasteiger partial charge on any atom is -0.462 e. The van der Waals surface area contributed by atoms with E-state index in [9.17, 15) is 14.4 Å². The summed E-state index contributed by atoms with van der Waals surface area (Å²) < 4.78 is 16.9. The molecule has 0 saturated heterocycles. The lowest BCUT2D eigenvalue weighted by Gasteiger charge is -2.18. The molecule has 0 radical (unpaired) electrons. The van der Waals surface area contributed by atoms with Gasteiger partial charge >= 0.3 is 17.9 Å². The van der Waals surface area contributed by atoms with Crippen LogP contribution in [0.2, 0.25) is 0 Å². The summed E-state index contributed by atoms with van der Waals surface area (Å²) in [5.41, 5.74) is 0. The van der Waals surface area contributed by atoms with Crippen molar-refractivity contribution in [2.45, 2.75) is 348 Å². The fourth-order valence-electron chi connectivity index (χ4n) is 9.25. The molecule has 0 aromatic carbocycles. The maximum atomic E-state index is 12.8. The first-order valence-corrected chi connectivity index (χ1v) is 29.9. The van der Waals surface area contributed by atoms with E-state index >= 15 is 0 Å². The van der Waals surface area contributed by atoms with E-state index in [1.54, 1.807) is 0 Å². The van der Waals surface area contributed by atoms with Crippen LogP contribution in [0.3, 0.4) is 0 Å². The third-order valence-corrected chi connectivity index (χ3v) is 14.2. The molecule has 392 valence electrons. The van der Waals surface area contributed by atoms with Crippen LogP contribution in [0.25, 0.3) is 0 Å². The first-order chi connectivity index (χ1) is 32.4. The topological polar surface area (TPSA) is 78.9 Å². The lowest BCUT2D eigenvalue weighted by Crippen LogP contribution is -2.30. The number of carbonyl (C=O) groups excluding carboxylic acids is 3. The Morgan fingerprint density at radius 1 is 0.303 bits per heavy atom. The van der Waals surface area contributed by atoms with Gasteiger partial charge in [-0.2, -0.15) is 0 Å². The van der Waals surface area contributed by atoms with Gasteiger partial charge in [-0.1, -0.05) is 304 Å². The van der Waals surface area contributed by atoms with Crippen molar-refractivity contribution in [3.05, 3.63) is 0 Å². The molecule has 0 rings (SSSR count). The second-order valence-electron chi connectivity index (χ2n) is 20.9. The Hall–Kier alpha value is -1.59. The summed E-state index contributed by atoms with van der Waals surface area (Å²) in [4.78, 5) is 38.1. The first kappa shape index (κ1) is 64.4. The van der Waals surface area contributed by atoms with Gasteiger partial charge in [0.05, 0.1) is 0 Å². The molecule has 1 unspecified atom stereocenters. The molecule has 0 spiro atoms. The highest BCUT2D eigenvalue weighted by molar-refractivity contribution is 5.71. The van der Waals surface area contributed by atoms with Crippen LogP contribution in [-0.4, -0.2) is 37.2 Å². The molecule has 0 fully saturated rings. The number of hydrogen-bond donors (Lipinski definition) is 0. The van der Waals surface area contributed by atoms with Crippen molar-refractivity contribution < 1.29 is 28.6 Å². The van der Waals surface area contributed by atoms with Crippen molar-refractivity contribution in [2.24, 2.45) is 5.92 Å². The number of rotatable bonds is 55. The quantitative estimate of drug-likeness (QED) is 0.0343. The Morgan fingerprint density at radius 3 is 0.788 bits per heavy atom. The molecular weight excluding hydrogens is 817 g/mol. The number of unbranched alkanes of at least 4 members (excludes halogenated alkanes) is 41. The van der Waals surface area contributed by atoms with Crippen molar-refractivity contribution in [3.8, 4) is 0 Å². The summed E-state index contributed by atoms with van der Waals surface area (Å²) in [6, 6.07) is 0. The fraction of sp³-hybridized carbons (Fsp3) is 0.950. The maximum absolute atomic E-state index is 12.8. The van der Waals surface area contributed by atoms with Gasteiger partial charge in [0, 0.05) is 19.3 Å². The Bertz CT molecular complexity index is 998. The van der Waals surface area contributed by atoms with E-state index in [2.05, 4.69) is 27.7 Å². The Labute approximate surface area is 412 Å². The van der Waals surface area contributed by atoms with Gasteiger partial charge in [-0.3, -0.25) is 14.4 Å². The molecule has 0 N–H and O–H groups in total. The van der Waals surface area contributed by atoms with E-state index < -0.39 is 6.10 Å². The lowest BCUT2D eigenvalue weighted by molar-refractivity contribution is -0.167. The van der Waals surface area contributed by atoms with E-state index in [-0.39, 0.29) is 31.1 Å². The molecule has 0 aromatic heterocycles. The van der Waals surface area contributed by atoms with Crippen LogP contribution in [0.4, 0.5) is 0 Å². The normalized spacial score (nSPS) is 12.4. The molecule has 0 saturated carbocycles. The standard InChI is InChI=1S/C60H116O6/c1-5-8-10-12-14-16-18-19-20-26-29-32-36-39-43-47-51-58(61)64-54-57(66-60(63)53-49-45-41-35-17-15-13-11-9-6-2)55-65-59(62)52-48-44-40-37-33-30-27-24-22-21-23-25-28-31-34-38-42-46-50-56(4)7-3/h56-57H,5-55H2,1-4H3/t56?,57-/m1/s1. The third kappa shape index (κ3) is 51.8. The van der Waals surface area contributed by atoms with Crippen molar-refractivity contribution in [1.29, 1.82) is 0 Å². The van der Waals surface area contributed by atoms with Gasteiger partial charge in [-0.05, 0) is 25.2 Å². The van der Waals surface area contributed by atoms with Gasteiger partial charge < -0.3 is 14.2 Å². The van der Waals surface area contributed by atoms with Gasteiger partial charge in [0.15, 0.2) is 6.10 Å². The monoisotopic (exact) mass is 933 g/mol. The second-order valence-corrected chi connectivity index (χ2v) is 20.9. The van der Waals surface area contributed by atoms with E-state index in [1.807, 2.05) is 0 Å². The van der Waals surface area contributed by atoms with Crippen LogP contribution in [0.1, 0.15) is 342 Å². The molecule has 6 heteroatoms. The lowest BCUT2D eigenvalue weighted by atomic mass is 9.99. The van der Waals surface area contributed by atoms with Gasteiger partial charge in [0.25, 0.3) is 0 Å². The van der Waals surface area contributed by atoms with Crippen LogP contribution in [-0.2, 0) is 28.6 Å². The Kier molecular flexibility index (Phi) is 53.0. The summed E-state index contributed by atoms with van der Waals surface area (Å²) in [6.45, 7) is 9.10.